The maximum Gasteiger partial charge on any atom is 0.263 e. The van der Waals surface area contributed by atoms with E-state index in [1.54, 1.807) is 12.1 Å². The summed E-state index contributed by atoms with van der Waals surface area (Å²) in [5.74, 6) is 2.22. The van der Waals surface area contributed by atoms with Crippen LogP contribution in [-0.4, -0.2) is 60.8 Å². The second-order valence-corrected chi connectivity index (χ2v) is 8.26. The number of hydrazine groups is 1. The molecule has 1 aromatic carbocycles. The fraction of sp³-hybridized carbons (Fsp3) is 0.600. The van der Waals surface area contributed by atoms with Crippen LogP contribution in [0, 0.1) is 0 Å². The van der Waals surface area contributed by atoms with Gasteiger partial charge in [-0.15, -0.1) is 11.8 Å². The zero-order chi connectivity index (χ0) is 19.1. The number of alkyl halides is 2. The molecule has 0 bridgehead atoms. The van der Waals surface area contributed by atoms with Crippen molar-refractivity contribution in [1.82, 2.24) is 15.3 Å². The van der Waals surface area contributed by atoms with E-state index >= 15 is 0 Å². The molecule has 0 unspecified atom stereocenters. The number of unbranched alkanes of at least 4 members (excludes halogenated alkanes) is 1. The first-order chi connectivity index (χ1) is 13.1. The highest BCUT2D eigenvalue weighted by atomic mass is 32.2. The number of hydrogen-bond donors (Lipinski definition) is 1. The second-order valence-electron chi connectivity index (χ2n) is 7.19. The Balaban J connectivity index is 1.27. The highest BCUT2D eigenvalue weighted by molar-refractivity contribution is 7.99. The minimum absolute atomic E-state index is 0.113. The highest BCUT2D eigenvalue weighted by Gasteiger charge is 2.18. The Morgan fingerprint density at radius 2 is 1.96 bits per heavy atom. The Hall–Kier alpha value is -1.31. The summed E-state index contributed by atoms with van der Waals surface area (Å²) in [4.78, 5) is 4.71. The lowest BCUT2D eigenvalue weighted by molar-refractivity contribution is 0.151. The number of thioether (sulfide) groups is 1. The zero-order valence-electron chi connectivity index (χ0n) is 16.0. The first-order valence-electron chi connectivity index (χ1n) is 9.73. The van der Waals surface area contributed by atoms with Crippen molar-refractivity contribution in [2.45, 2.75) is 26.2 Å². The number of anilines is 1. The number of rotatable bonds is 9. The van der Waals surface area contributed by atoms with Crippen molar-refractivity contribution in [3.05, 3.63) is 41.6 Å². The third-order valence-electron chi connectivity index (χ3n) is 5.07. The van der Waals surface area contributed by atoms with Crippen LogP contribution in [0.3, 0.4) is 0 Å². The van der Waals surface area contributed by atoms with Crippen LogP contribution in [0.2, 0.25) is 0 Å². The first-order valence-corrected chi connectivity index (χ1v) is 10.9. The Labute approximate surface area is 165 Å². The summed E-state index contributed by atoms with van der Waals surface area (Å²) in [5, 5.41) is 2.24. The molecule has 0 radical (unpaired) electrons. The second kappa shape index (κ2) is 10.3. The number of halogens is 2. The SMILES string of the molecule is CC1=CCN(CSCCCCN2CCN(c3cccc(C(F)F)c3)CC2)N1. The van der Waals surface area contributed by atoms with Gasteiger partial charge in [0.25, 0.3) is 6.43 Å². The number of nitrogens with zero attached hydrogens (tertiary/aromatic N) is 3. The molecule has 2 heterocycles. The molecule has 2 aliphatic heterocycles. The van der Waals surface area contributed by atoms with Crippen molar-refractivity contribution in [1.29, 1.82) is 0 Å². The molecule has 2 aliphatic rings. The van der Waals surface area contributed by atoms with Gasteiger partial charge in [0.15, 0.2) is 0 Å². The van der Waals surface area contributed by atoms with Gasteiger partial charge in [-0.2, -0.15) is 0 Å². The number of piperazine rings is 1. The molecule has 0 saturated carbocycles. The van der Waals surface area contributed by atoms with Gasteiger partial charge in [-0.05, 0) is 50.3 Å². The van der Waals surface area contributed by atoms with Crippen molar-refractivity contribution < 1.29 is 8.78 Å². The molecule has 1 aromatic rings. The summed E-state index contributed by atoms with van der Waals surface area (Å²) in [5.41, 5.74) is 5.62. The van der Waals surface area contributed by atoms with Crippen LogP contribution >= 0.6 is 11.8 Å². The van der Waals surface area contributed by atoms with E-state index in [2.05, 4.69) is 33.2 Å². The Bertz CT molecular complexity index is 618. The standard InChI is InChI=1S/C20H30F2N4S/c1-17-7-9-26(23-17)16-27-14-3-2-8-24-10-12-25(13-11-24)19-6-4-5-18(15-19)20(21)22/h4-7,15,20,23H,2-3,8-14,16H2,1H3. The van der Waals surface area contributed by atoms with Crippen molar-refractivity contribution in [2.75, 3.05) is 55.8 Å². The van der Waals surface area contributed by atoms with E-state index in [1.165, 1.54) is 30.4 Å². The van der Waals surface area contributed by atoms with Crippen molar-refractivity contribution in [3.63, 3.8) is 0 Å². The van der Waals surface area contributed by atoms with E-state index < -0.39 is 6.43 Å². The average Bonchev–Trinajstić information content (AvgIpc) is 3.10. The van der Waals surface area contributed by atoms with Crippen molar-refractivity contribution in [3.8, 4) is 0 Å². The highest BCUT2D eigenvalue weighted by Crippen LogP contribution is 2.24. The summed E-state index contributed by atoms with van der Waals surface area (Å²) in [6.07, 6.45) is 2.27. The van der Waals surface area contributed by atoms with Gasteiger partial charge in [-0.3, -0.25) is 4.90 Å². The fourth-order valence-corrected chi connectivity index (χ4v) is 4.40. The molecule has 0 aliphatic carbocycles. The molecule has 7 heteroatoms. The van der Waals surface area contributed by atoms with Crippen molar-refractivity contribution in [2.24, 2.45) is 0 Å². The molecule has 0 aromatic heterocycles. The predicted molar refractivity (Wildman–Crippen MR) is 110 cm³/mol. The third kappa shape index (κ3) is 6.36. The molecule has 0 spiro atoms. The molecule has 4 nitrogen and oxygen atoms in total. The molecule has 1 fully saturated rings. The van der Waals surface area contributed by atoms with Gasteiger partial charge >= 0.3 is 0 Å². The fourth-order valence-electron chi connectivity index (χ4n) is 3.47. The van der Waals surface area contributed by atoms with E-state index in [0.717, 1.165) is 50.8 Å². The van der Waals surface area contributed by atoms with Gasteiger partial charge in [0, 0.05) is 49.7 Å². The van der Waals surface area contributed by atoms with Crippen LogP contribution in [0.5, 0.6) is 0 Å². The molecule has 150 valence electrons. The van der Waals surface area contributed by atoms with E-state index in [4.69, 9.17) is 0 Å². The van der Waals surface area contributed by atoms with Gasteiger partial charge in [-0.1, -0.05) is 12.1 Å². The number of nitrogens with one attached hydrogen (secondary N) is 1. The monoisotopic (exact) mass is 396 g/mol. The largest absolute Gasteiger partial charge is 0.369 e. The van der Waals surface area contributed by atoms with Crippen LogP contribution in [0.4, 0.5) is 14.5 Å². The Morgan fingerprint density at radius 1 is 1.15 bits per heavy atom. The summed E-state index contributed by atoms with van der Waals surface area (Å²) in [6.45, 7) is 8.07. The molecule has 3 rings (SSSR count). The van der Waals surface area contributed by atoms with Crippen LogP contribution in [0.1, 0.15) is 31.8 Å². The van der Waals surface area contributed by atoms with Gasteiger partial charge in [0.2, 0.25) is 0 Å². The lowest BCUT2D eigenvalue weighted by atomic mass is 10.1. The maximum atomic E-state index is 12.9. The van der Waals surface area contributed by atoms with Crippen LogP contribution in [0.25, 0.3) is 0 Å². The minimum atomic E-state index is -2.40. The summed E-state index contributed by atoms with van der Waals surface area (Å²) >= 11 is 1.98. The molecule has 1 saturated heterocycles. The Morgan fingerprint density at radius 3 is 2.67 bits per heavy atom. The molecular weight excluding hydrogens is 366 g/mol. The molecule has 0 atom stereocenters. The smallest absolute Gasteiger partial charge is 0.263 e. The minimum Gasteiger partial charge on any atom is -0.369 e. The summed E-state index contributed by atoms with van der Waals surface area (Å²) < 4.78 is 25.7. The van der Waals surface area contributed by atoms with E-state index in [1.807, 2.05) is 17.8 Å². The van der Waals surface area contributed by atoms with Gasteiger partial charge < -0.3 is 10.3 Å². The maximum absolute atomic E-state index is 12.9. The number of hydrogen-bond acceptors (Lipinski definition) is 5. The van der Waals surface area contributed by atoms with Gasteiger partial charge in [0.05, 0.1) is 5.88 Å². The quantitative estimate of drug-likeness (QED) is 0.637. The van der Waals surface area contributed by atoms with E-state index in [-0.39, 0.29) is 5.56 Å². The number of benzene rings is 1. The van der Waals surface area contributed by atoms with Gasteiger partial charge in [0.1, 0.15) is 0 Å². The van der Waals surface area contributed by atoms with E-state index in [9.17, 15) is 8.78 Å². The first kappa shape index (κ1) is 20.4. The van der Waals surface area contributed by atoms with Crippen molar-refractivity contribution >= 4 is 17.4 Å². The molecule has 0 amide bonds. The van der Waals surface area contributed by atoms with Gasteiger partial charge in [-0.25, -0.2) is 13.8 Å². The lowest BCUT2D eigenvalue weighted by Crippen LogP contribution is -2.46. The zero-order valence-corrected chi connectivity index (χ0v) is 16.9. The van der Waals surface area contributed by atoms with Crippen LogP contribution in [-0.2, 0) is 0 Å². The topological polar surface area (TPSA) is 21.8 Å². The normalized spacial score (nSPS) is 18.8. The van der Waals surface area contributed by atoms with Crippen LogP contribution < -0.4 is 10.3 Å². The summed E-state index contributed by atoms with van der Waals surface area (Å²) in [7, 11) is 0. The predicted octanol–water partition coefficient (Wildman–Crippen LogP) is 3.94. The molecule has 27 heavy (non-hydrogen) atoms. The van der Waals surface area contributed by atoms with E-state index in [0.29, 0.717) is 0 Å². The number of allylic oxidation sites excluding steroid dienone is 1. The third-order valence-corrected chi connectivity index (χ3v) is 6.14. The lowest BCUT2D eigenvalue weighted by Gasteiger charge is -2.36. The molecular formula is C20H30F2N4S. The van der Waals surface area contributed by atoms with Crippen LogP contribution in [0.15, 0.2) is 36.0 Å². The summed E-state index contributed by atoms with van der Waals surface area (Å²) in [6, 6.07) is 6.80. The Kier molecular flexibility index (Phi) is 7.79. The molecule has 1 N–H and O–H groups in total. The average molecular weight is 397 g/mol.